The first-order chi connectivity index (χ1) is 15.0. The van der Waals surface area contributed by atoms with E-state index in [1.165, 1.54) is 24.4 Å². The highest BCUT2D eigenvalue weighted by atomic mass is 35.5. The van der Waals surface area contributed by atoms with Gasteiger partial charge in [-0.2, -0.15) is 0 Å². The molecule has 4 aliphatic rings. The number of H-pyrrole nitrogens is 1. The molecular formula is C23H24ClFN4O3. The van der Waals surface area contributed by atoms with Crippen LogP contribution in [0.3, 0.4) is 0 Å². The number of benzene rings is 1. The first kappa shape index (κ1) is 21.0. The summed E-state index contributed by atoms with van der Waals surface area (Å²) >= 11 is 0. The molecule has 1 aromatic carbocycles. The molecule has 3 fully saturated rings. The molecule has 9 heteroatoms. The monoisotopic (exact) mass is 458 g/mol. The van der Waals surface area contributed by atoms with Crippen LogP contribution in [0, 0.1) is 17.7 Å². The number of cyclic esters (lactones) is 1. The third-order valence-electron chi connectivity index (χ3n) is 6.72. The van der Waals surface area contributed by atoms with Crippen molar-refractivity contribution in [2.75, 3.05) is 31.6 Å². The molecule has 2 atom stereocenters. The van der Waals surface area contributed by atoms with Crippen molar-refractivity contribution in [1.29, 1.82) is 0 Å². The Balaban J connectivity index is 0.00000216. The van der Waals surface area contributed by atoms with Crippen molar-refractivity contribution in [3.63, 3.8) is 0 Å². The molecule has 2 amide bonds. The van der Waals surface area contributed by atoms with Gasteiger partial charge in [0.25, 0.3) is 5.91 Å². The third kappa shape index (κ3) is 3.67. The lowest BCUT2D eigenvalue weighted by molar-refractivity contribution is -0.110. The van der Waals surface area contributed by atoms with Gasteiger partial charge in [0.2, 0.25) is 0 Å². The number of piperidine rings is 1. The smallest absolute Gasteiger partial charge is 0.410 e. The van der Waals surface area contributed by atoms with Crippen LogP contribution in [0.4, 0.5) is 14.9 Å². The predicted molar refractivity (Wildman–Crippen MR) is 120 cm³/mol. The minimum absolute atomic E-state index is 0. The molecule has 7 nitrogen and oxygen atoms in total. The van der Waals surface area contributed by atoms with Crippen LogP contribution in [0.5, 0.6) is 0 Å². The molecule has 4 heterocycles. The fourth-order valence-corrected chi connectivity index (χ4v) is 5.00. The molecule has 168 valence electrons. The van der Waals surface area contributed by atoms with E-state index in [1.807, 2.05) is 12.3 Å². The zero-order valence-electron chi connectivity index (χ0n) is 17.4. The van der Waals surface area contributed by atoms with Gasteiger partial charge >= 0.3 is 6.09 Å². The number of nitrogens with one attached hydrogen (secondary N) is 2. The van der Waals surface area contributed by atoms with E-state index in [2.05, 4.69) is 15.2 Å². The van der Waals surface area contributed by atoms with Crippen molar-refractivity contribution < 1.29 is 18.7 Å². The number of nitrogens with zero attached hydrogens (tertiary/aromatic N) is 2. The number of aromatic nitrogens is 1. The van der Waals surface area contributed by atoms with Gasteiger partial charge in [0.05, 0.1) is 24.4 Å². The van der Waals surface area contributed by atoms with Crippen LogP contribution in [0.2, 0.25) is 0 Å². The van der Waals surface area contributed by atoms with Gasteiger partial charge < -0.3 is 19.9 Å². The summed E-state index contributed by atoms with van der Waals surface area (Å²) in [7, 11) is 0. The highest BCUT2D eigenvalue weighted by molar-refractivity contribution is 6.35. The number of anilines is 1. The van der Waals surface area contributed by atoms with E-state index in [-0.39, 0.29) is 36.0 Å². The highest BCUT2D eigenvalue weighted by Crippen LogP contribution is 2.45. The summed E-state index contributed by atoms with van der Waals surface area (Å²) in [5, 5.41) is 2.74. The molecule has 2 aromatic rings. The van der Waals surface area contributed by atoms with E-state index in [0.29, 0.717) is 24.4 Å². The van der Waals surface area contributed by atoms with Gasteiger partial charge in [-0.1, -0.05) is 6.07 Å². The van der Waals surface area contributed by atoms with Gasteiger partial charge in [-0.05, 0) is 42.0 Å². The fraction of sp³-hybridized carbons (Fsp3) is 0.391. The van der Waals surface area contributed by atoms with Crippen molar-refractivity contribution in [3.05, 3.63) is 52.6 Å². The number of amides is 2. The minimum Gasteiger partial charge on any atom is -0.448 e. The molecule has 0 bridgehead atoms. The van der Waals surface area contributed by atoms with Crippen molar-refractivity contribution in [2.45, 2.75) is 19.5 Å². The van der Waals surface area contributed by atoms with Crippen molar-refractivity contribution in [3.8, 4) is 0 Å². The van der Waals surface area contributed by atoms with Gasteiger partial charge in [0.15, 0.2) is 0 Å². The lowest BCUT2D eigenvalue weighted by atomic mass is 10.0. The maximum atomic E-state index is 15.4. The van der Waals surface area contributed by atoms with Crippen molar-refractivity contribution >= 4 is 41.7 Å². The maximum Gasteiger partial charge on any atom is 0.410 e. The van der Waals surface area contributed by atoms with Crippen LogP contribution in [0.1, 0.15) is 28.8 Å². The summed E-state index contributed by atoms with van der Waals surface area (Å²) in [4.78, 5) is 31.4. The number of aromatic amines is 1. The highest BCUT2D eigenvalue weighted by Gasteiger charge is 2.44. The number of ether oxygens (including phenoxy) is 1. The first-order valence-corrected chi connectivity index (χ1v) is 10.7. The van der Waals surface area contributed by atoms with Gasteiger partial charge in [-0.25, -0.2) is 9.18 Å². The minimum atomic E-state index is -0.482. The Morgan fingerprint density at radius 1 is 1.19 bits per heavy atom. The zero-order valence-corrected chi connectivity index (χ0v) is 18.2. The van der Waals surface area contributed by atoms with Crippen LogP contribution in [-0.4, -0.2) is 53.0 Å². The number of carbonyl (C=O) groups excluding carboxylic acids is 2. The number of hydrogen-bond donors (Lipinski definition) is 2. The zero-order chi connectivity index (χ0) is 21.1. The number of carbonyl (C=O) groups is 2. The molecule has 0 unspecified atom stereocenters. The summed E-state index contributed by atoms with van der Waals surface area (Å²) in [6, 6.07) is 5.31. The van der Waals surface area contributed by atoms with Crippen molar-refractivity contribution in [2.24, 2.45) is 11.8 Å². The van der Waals surface area contributed by atoms with E-state index in [1.54, 1.807) is 18.2 Å². The van der Waals surface area contributed by atoms with E-state index >= 15 is 4.39 Å². The van der Waals surface area contributed by atoms with Crippen LogP contribution < -0.4 is 5.32 Å². The Morgan fingerprint density at radius 3 is 2.75 bits per heavy atom. The average Bonchev–Trinajstić information content (AvgIpc) is 3.15. The number of rotatable bonds is 5. The fourth-order valence-electron chi connectivity index (χ4n) is 5.00. The lowest BCUT2D eigenvalue weighted by Gasteiger charge is -2.15. The van der Waals surface area contributed by atoms with E-state index in [9.17, 15) is 9.59 Å². The standard InChI is InChI=1S/C23H23FN4O3.ClH/c24-21-14(12-28-3-4-31-23(28)30)1-2-19-20(21)18(22(29)26-19)7-17-5-13(8-25-17)9-27-10-15-6-16(15)11-27;/h1-2,5,7-8,15-16,25H,3-4,6,9-12H2,(H,26,29);1H/t15-,16+;. The third-order valence-corrected chi connectivity index (χ3v) is 6.72. The molecule has 2 saturated heterocycles. The summed E-state index contributed by atoms with van der Waals surface area (Å²) in [6.07, 6.45) is 4.58. The normalized spacial score (nSPS) is 24.9. The Bertz CT molecular complexity index is 1120. The molecule has 32 heavy (non-hydrogen) atoms. The Morgan fingerprint density at radius 2 is 2.00 bits per heavy atom. The predicted octanol–water partition coefficient (Wildman–Crippen LogP) is 3.47. The second kappa shape index (κ2) is 7.94. The molecule has 6 rings (SSSR count). The molecule has 1 aromatic heterocycles. The van der Waals surface area contributed by atoms with Crippen LogP contribution in [-0.2, 0) is 22.6 Å². The van der Waals surface area contributed by atoms with Gasteiger partial charge in [0, 0.05) is 42.7 Å². The summed E-state index contributed by atoms with van der Waals surface area (Å²) in [6.45, 7) is 4.08. The summed E-state index contributed by atoms with van der Waals surface area (Å²) < 4.78 is 20.3. The van der Waals surface area contributed by atoms with Crippen LogP contribution in [0.15, 0.2) is 24.4 Å². The number of fused-ring (bicyclic) bond motifs is 2. The molecule has 0 spiro atoms. The molecule has 3 aliphatic heterocycles. The second-order valence-corrected chi connectivity index (χ2v) is 8.92. The quantitative estimate of drug-likeness (QED) is 0.672. The maximum absolute atomic E-state index is 15.4. The summed E-state index contributed by atoms with van der Waals surface area (Å²) in [5.74, 6) is 0.963. The largest absolute Gasteiger partial charge is 0.448 e. The number of halogens is 2. The molecule has 1 saturated carbocycles. The molecular weight excluding hydrogens is 435 g/mol. The molecule has 0 radical (unpaired) electrons. The van der Waals surface area contributed by atoms with Crippen LogP contribution >= 0.6 is 12.4 Å². The number of likely N-dealkylation sites (tertiary alicyclic amines) is 1. The number of hydrogen-bond acceptors (Lipinski definition) is 4. The van der Waals surface area contributed by atoms with Crippen LogP contribution in [0.25, 0.3) is 11.6 Å². The average molecular weight is 459 g/mol. The Labute approximate surface area is 191 Å². The topological polar surface area (TPSA) is 77.7 Å². The van der Waals surface area contributed by atoms with E-state index in [0.717, 1.165) is 29.6 Å². The van der Waals surface area contributed by atoms with E-state index in [4.69, 9.17) is 4.74 Å². The molecule has 2 N–H and O–H groups in total. The lowest BCUT2D eigenvalue weighted by Crippen LogP contribution is -2.24. The van der Waals surface area contributed by atoms with Gasteiger partial charge in [-0.3, -0.25) is 9.69 Å². The summed E-state index contributed by atoms with van der Waals surface area (Å²) in [5.41, 5.74) is 3.28. The molecule has 1 aliphatic carbocycles. The SMILES string of the molecule is Cl.O=C1Nc2ccc(CN3CCOC3=O)c(F)c2C1=Cc1cc(CN2C[C@H]3C[C@H]3C2)c[nH]1. The van der Waals surface area contributed by atoms with Gasteiger partial charge in [-0.15, -0.1) is 12.4 Å². The van der Waals surface area contributed by atoms with Crippen molar-refractivity contribution in [1.82, 2.24) is 14.8 Å². The van der Waals surface area contributed by atoms with Gasteiger partial charge in [0.1, 0.15) is 12.4 Å². The van der Waals surface area contributed by atoms with E-state index < -0.39 is 11.9 Å². The second-order valence-electron chi connectivity index (χ2n) is 8.92. The first-order valence-electron chi connectivity index (χ1n) is 10.7. The Kier molecular flexibility index (Phi) is 5.22. The Hall–Kier alpha value is -2.84.